The van der Waals surface area contributed by atoms with Crippen LogP contribution in [0, 0.1) is 0 Å². The highest BCUT2D eigenvalue weighted by Gasteiger charge is 2.25. The Morgan fingerprint density at radius 1 is 0.815 bits per heavy atom. The number of hydrogen-bond acceptors (Lipinski definition) is 4. The van der Waals surface area contributed by atoms with Gasteiger partial charge in [0, 0.05) is 43.5 Å². The van der Waals surface area contributed by atoms with Crippen molar-refractivity contribution in [2.24, 2.45) is 0 Å². The van der Waals surface area contributed by atoms with Crippen LogP contribution >= 0.6 is 11.3 Å². The van der Waals surface area contributed by atoms with Crippen LogP contribution in [0.4, 0.5) is 5.69 Å². The van der Waals surface area contributed by atoms with E-state index in [-0.39, 0.29) is 0 Å². The molecule has 0 amide bonds. The van der Waals surface area contributed by atoms with E-state index in [0.717, 1.165) is 29.7 Å². The summed E-state index contributed by atoms with van der Waals surface area (Å²) in [7, 11) is 0. The lowest BCUT2D eigenvalue weighted by Crippen LogP contribution is -2.50. The minimum absolute atomic E-state index is 0.849. The lowest BCUT2D eigenvalue weighted by Gasteiger charge is -2.41. The molecule has 3 nitrogen and oxygen atoms in total. The zero-order valence-corrected chi connectivity index (χ0v) is 16.6. The van der Waals surface area contributed by atoms with Gasteiger partial charge in [0.05, 0.1) is 10.2 Å². The molecule has 1 saturated carbocycles. The van der Waals surface area contributed by atoms with E-state index in [2.05, 4.69) is 58.3 Å². The third-order valence-corrected chi connectivity index (χ3v) is 7.26. The van der Waals surface area contributed by atoms with Gasteiger partial charge in [0.1, 0.15) is 5.01 Å². The molecule has 5 rings (SSSR count). The van der Waals surface area contributed by atoms with Gasteiger partial charge in [-0.2, -0.15) is 0 Å². The van der Waals surface area contributed by atoms with Crippen LogP contribution in [-0.2, 0) is 0 Å². The Balaban J connectivity index is 1.25. The number of hydrogen-bond donors (Lipinski definition) is 0. The predicted octanol–water partition coefficient (Wildman–Crippen LogP) is 5.42. The van der Waals surface area contributed by atoms with Crippen LogP contribution < -0.4 is 4.90 Å². The van der Waals surface area contributed by atoms with E-state index in [1.54, 1.807) is 11.3 Å². The summed E-state index contributed by atoms with van der Waals surface area (Å²) in [5.74, 6) is 0. The number of piperazine rings is 1. The molecule has 1 aliphatic heterocycles. The molecule has 2 aromatic carbocycles. The third kappa shape index (κ3) is 3.61. The van der Waals surface area contributed by atoms with Gasteiger partial charge in [-0.15, -0.1) is 11.3 Å². The van der Waals surface area contributed by atoms with Crippen molar-refractivity contribution in [2.75, 3.05) is 31.1 Å². The summed E-state index contributed by atoms with van der Waals surface area (Å²) in [4.78, 5) is 10.1. The van der Waals surface area contributed by atoms with Gasteiger partial charge < -0.3 is 4.90 Å². The Kier molecular flexibility index (Phi) is 4.85. The van der Waals surface area contributed by atoms with Crippen molar-refractivity contribution >= 4 is 27.2 Å². The van der Waals surface area contributed by atoms with E-state index in [0.29, 0.717) is 0 Å². The molecule has 3 aromatic rings. The van der Waals surface area contributed by atoms with Crippen molar-refractivity contribution in [1.29, 1.82) is 0 Å². The summed E-state index contributed by atoms with van der Waals surface area (Å²) in [5, 5.41) is 1.12. The second kappa shape index (κ2) is 7.61. The molecule has 2 heterocycles. The Morgan fingerprint density at radius 2 is 1.56 bits per heavy atom. The first-order chi connectivity index (χ1) is 13.4. The van der Waals surface area contributed by atoms with Crippen LogP contribution in [-0.4, -0.2) is 42.1 Å². The molecular formula is C23H27N3S. The number of nitrogens with zero attached hydrogens (tertiary/aromatic N) is 3. The second-order valence-corrected chi connectivity index (χ2v) is 8.88. The number of thiazole rings is 1. The zero-order chi connectivity index (χ0) is 18.1. The third-order valence-electron chi connectivity index (χ3n) is 6.18. The Labute approximate surface area is 165 Å². The average molecular weight is 378 g/mol. The van der Waals surface area contributed by atoms with Crippen LogP contribution in [0.1, 0.15) is 32.1 Å². The maximum absolute atomic E-state index is 4.79. The Hall–Kier alpha value is -1.91. The predicted molar refractivity (Wildman–Crippen MR) is 116 cm³/mol. The highest BCUT2D eigenvalue weighted by atomic mass is 32.1. The molecule has 2 fully saturated rings. The molecule has 0 unspecified atom stereocenters. The minimum Gasteiger partial charge on any atom is -0.369 e. The molecule has 0 atom stereocenters. The quantitative estimate of drug-likeness (QED) is 0.608. The van der Waals surface area contributed by atoms with Crippen molar-refractivity contribution < 1.29 is 0 Å². The molecule has 0 spiro atoms. The molecule has 0 bridgehead atoms. The minimum atomic E-state index is 0.849. The number of fused-ring (bicyclic) bond motifs is 1. The van der Waals surface area contributed by atoms with Gasteiger partial charge in [0.2, 0.25) is 0 Å². The Morgan fingerprint density at radius 3 is 2.30 bits per heavy atom. The van der Waals surface area contributed by atoms with Gasteiger partial charge in [-0.1, -0.05) is 31.4 Å². The molecular weight excluding hydrogens is 350 g/mol. The highest BCUT2D eigenvalue weighted by molar-refractivity contribution is 7.21. The van der Waals surface area contributed by atoms with Gasteiger partial charge in [0.15, 0.2) is 0 Å². The van der Waals surface area contributed by atoms with Crippen LogP contribution in [0.2, 0.25) is 0 Å². The number of benzene rings is 2. The maximum Gasteiger partial charge on any atom is 0.124 e. The largest absolute Gasteiger partial charge is 0.369 e. The van der Waals surface area contributed by atoms with E-state index in [1.807, 2.05) is 0 Å². The first kappa shape index (κ1) is 17.2. The zero-order valence-electron chi connectivity index (χ0n) is 15.8. The maximum atomic E-state index is 4.79. The van der Waals surface area contributed by atoms with E-state index >= 15 is 0 Å². The molecule has 0 N–H and O–H groups in total. The smallest absolute Gasteiger partial charge is 0.124 e. The van der Waals surface area contributed by atoms with E-state index in [9.17, 15) is 0 Å². The SMILES string of the molecule is c1ccc2sc(-c3ccc(N4CCN(C5CCCCC5)CC4)cc3)nc2c1. The number of aromatic nitrogens is 1. The first-order valence-corrected chi connectivity index (χ1v) is 11.1. The summed E-state index contributed by atoms with van der Waals surface area (Å²) in [6.07, 6.45) is 7.13. The lowest BCUT2D eigenvalue weighted by molar-refractivity contribution is 0.148. The van der Waals surface area contributed by atoms with Crippen molar-refractivity contribution in [3.63, 3.8) is 0 Å². The second-order valence-electron chi connectivity index (χ2n) is 7.85. The van der Waals surface area contributed by atoms with Crippen molar-refractivity contribution in [1.82, 2.24) is 9.88 Å². The monoisotopic (exact) mass is 377 g/mol. The fourth-order valence-electron chi connectivity index (χ4n) is 4.60. The van der Waals surface area contributed by atoms with Gasteiger partial charge >= 0.3 is 0 Å². The standard InChI is InChI=1S/C23H27N3S/c1-2-6-19(7-3-1)25-14-16-26(17-15-25)20-12-10-18(11-13-20)23-24-21-8-4-5-9-22(21)27-23/h4-5,8-13,19H,1-3,6-7,14-17H2. The number of para-hydroxylation sites is 1. The lowest BCUT2D eigenvalue weighted by atomic mass is 9.94. The van der Waals surface area contributed by atoms with Crippen LogP contribution in [0.3, 0.4) is 0 Å². The summed E-state index contributed by atoms with van der Waals surface area (Å²) < 4.78 is 1.26. The number of rotatable bonds is 3. The molecule has 1 aliphatic carbocycles. The van der Waals surface area contributed by atoms with Crippen LogP contribution in [0.5, 0.6) is 0 Å². The summed E-state index contributed by atoms with van der Waals surface area (Å²) in [6.45, 7) is 4.72. The summed E-state index contributed by atoms with van der Waals surface area (Å²) in [5.41, 5.74) is 3.67. The van der Waals surface area contributed by atoms with Crippen LogP contribution in [0.15, 0.2) is 48.5 Å². The fourth-order valence-corrected chi connectivity index (χ4v) is 5.57. The highest BCUT2D eigenvalue weighted by Crippen LogP contribution is 2.31. The molecule has 1 saturated heterocycles. The van der Waals surface area contributed by atoms with Crippen molar-refractivity contribution in [2.45, 2.75) is 38.1 Å². The van der Waals surface area contributed by atoms with Crippen molar-refractivity contribution in [3.05, 3.63) is 48.5 Å². The van der Waals surface area contributed by atoms with Crippen LogP contribution in [0.25, 0.3) is 20.8 Å². The summed E-state index contributed by atoms with van der Waals surface area (Å²) in [6, 6.07) is 18.3. The van der Waals surface area contributed by atoms with Crippen molar-refractivity contribution in [3.8, 4) is 10.6 Å². The van der Waals surface area contributed by atoms with E-state index in [4.69, 9.17) is 4.98 Å². The fraction of sp³-hybridized carbons (Fsp3) is 0.435. The summed E-state index contributed by atoms with van der Waals surface area (Å²) >= 11 is 1.78. The molecule has 1 aromatic heterocycles. The number of anilines is 1. The normalized spacial score (nSPS) is 19.6. The van der Waals surface area contributed by atoms with E-state index < -0.39 is 0 Å². The molecule has 2 aliphatic rings. The topological polar surface area (TPSA) is 19.4 Å². The van der Waals surface area contributed by atoms with Gasteiger partial charge in [-0.3, -0.25) is 4.90 Å². The Bertz CT molecular complexity index is 854. The first-order valence-electron chi connectivity index (χ1n) is 10.3. The molecule has 0 radical (unpaired) electrons. The van der Waals surface area contributed by atoms with E-state index in [1.165, 1.54) is 61.1 Å². The molecule has 140 valence electrons. The molecule has 4 heteroatoms. The van der Waals surface area contributed by atoms with Gasteiger partial charge in [0.25, 0.3) is 0 Å². The van der Waals surface area contributed by atoms with Gasteiger partial charge in [-0.05, 0) is 49.2 Å². The van der Waals surface area contributed by atoms with Gasteiger partial charge in [-0.25, -0.2) is 4.98 Å². The average Bonchev–Trinajstić information content (AvgIpc) is 3.19. The molecule has 27 heavy (non-hydrogen) atoms.